The van der Waals surface area contributed by atoms with Crippen molar-refractivity contribution < 1.29 is 9.32 Å². The van der Waals surface area contributed by atoms with Gasteiger partial charge in [0, 0.05) is 12.7 Å². The minimum Gasteiger partial charge on any atom is -0.352 e. The zero-order valence-electron chi connectivity index (χ0n) is 12.6. The SMILES string of the molecule is CCc1noc2ncc(C(=O)NCC3CCCNC3)cc12.Cl. The number of piperidine rings is 1. The number of nitrogens with zero attached hydrogens (tertiary/aromatic N) is 2. The predicted molar refractivity (Wildman–Crippen MR) is 86.4 cm³/mol. The van der Waals surface area contributed by atoms with Crippen molar-refractivity contribution in [3.63, 3.8) is 0 Å². The molecule has 1 amide bonds. The summed E-state index contributed by atoms with van der Waals surface area (Å²) in [6, 6.07) is 1.81. The fourth-order valence-corrected chi connectivity index (χ4v) is 2.70. The third-order valence-electron chi connectivity index (χ3n) is 3.95. The number of rotatable bonds is 4. The molecule has 0 spiro atoms. The molecular formula is C15H21ClN4O2. The van der Waals surface area contributed by atoms with E-state index in [2.05, 4.69) is 20.8 Å². The molecule has 1 atom stereocenters. The highest BCUT2D eigenvalue weighted by Crippen LogP contribution is 2.18. The molecule has 1 unspecified atom stereocenters. The molecule has 0 bridgehead atoms. The molecule has 7 heteroatoms. The number of carbonyl (C=O) groups is 1. The van der Waals surface area contributed by atoms with Crippen LogP contribution in [0.4, 0.5) is 0 Å². The van der Waals surface area contributed by atoms with Gasteiger partial charge in [-0.05, 0) is 44.3 Å². The standard InChI is InChI=1S/C15H20N4O2.ClH/c1-2-13-12-6-11(9-18-15(12)21-19-13)14(20)17-8-10-4-3-5-16-7-10;/h6,9-10,16H,2-5,7-8H2,1H3,(H,17,20);1H. The molecule has 3 heterocycles. The molecule has 0 aliphatic carbocycles. The van der Waals surface area contributed by atoms with Crippen LogP contribution in [0.3, 0.4) is 0 Å². The summed E-state index contributed by atoms with van der Waals surface area (Å²) in [5.74, 6) is 0.430. The summed E-state index contributed by atoms with van der Waals surface area (Å²) in [6.07, 6.45) is 4.64. The van der Waals surface area contributed by atoms with Gasteiger partial charge < -0.3 is 15.2 Å². The smallest absolute Gasteiger partial charge is 0.257 e. The van der Waals surface area contributed by atoms with Gasteiger partial charge >= 0.3 is 0 Å². The van der Waals surface area contributed by atoms with Crippen LogP contribution in [0.25, 0.3) is 11.1 Å². The third kappa shape index (κ3) is 3.56. The van der Waals surface area contributed by atoms with Crippen molar-refractivity contribution in [3.05, 3.63) is 23.5 Å². The Hall–Kier alpha value is -1.66. The summed E-state index contributed by atoms with van der Waals surface area (Å²) < 4.78 is 5.13. The molecule has 0 radical (unpaired) electrons. The molecule has 1 aliphatic rings. The van der Waals surface area contributed by atoms with Crippen LogP contribution in [0.1, 0.15) is 35.8 Å². The van der Waals surface area contributed by atoms with Gasteiger partial charge in [-0.1, -0.05) is 12.1 Å². The maximum atomic E-state index is 12.2. The summed E-state index contributed by atoms with van der Waals surface area (Å²) >= 11 is 0. The van der Waals surface area contributed by atoms with Gasteiger partial charge in [0.25, 0.3) is 11.6 Å². The molecule has 3 rings (SSSR count). The number of nitrogens with one attached hydrogen (secondary N) is 2. The number of aromatic nitrogens is 2. The van der Waals surface area contributed by atoms with Gasteiger partial charge in [0.15, 0.2) is 0 Å². The van der Waals surface area contributed by atoms with Gasteiger partial charge in [-0.2, -0.15) is 0 Å². The van der Waals surface area contributed by atoms with Gasteiger partial charge in [0.1, 0.15) is 0 Å². The van der Waals surface area contributed by atoms with Crippen molar-refractivity contribution in [2.45, 2.75) is 26.2 Å². The fourth-order valence-electron chi connectivity index (χ4n) is 2.70. The van der Waals surface area contributed by atoms with Crippen LogP contribution in [-0.4, -0.2) is 35.7 Å². The number of aryl methyl sites for hydroxylation is 1. The molecule has 1 aliphatic heterocycles. The van der Waals surface area contributed by atoms with Crippen molar-refractivity contribution >= 4 is 29.4 Å². The van der Waals surface area contributed by atoms with Crippen molar-refractivity contribution in [1.29, 1.82) is 0 Å². The van der Waals surface area contributed by atoms with E-state index in [1.807, 2.05) is 13.0 Å². The third-order valence-corrected chi connectivity index (χ3v) is 3.95. The predicted octanol–water partition coefficient (Wildman–Crippen LogP) is 1.94. The van der Waals surface area contributed by atoms with E-state index in [-0.39, 0.29) is 18.3 Å². The molecule has 0 aromatic carbocycles. The second-order valence-corrected chi connectivity index (χ2v) is 5.48. The van der Waals surface area contributed by atoms with Crippen LogP contribution in [0, 0.1) is 5.92 Å². The molecule has 120 valence electrons. The molecule has 2 aromatic heterocycles. The van der Waals surface area contributed by atoms with Crippen molar-refractivity contribution in [2.75, 3.05) is 19.6 Å². The maximum absolute atomic E-state index is 12.2. The van der Waals surface area contributed by atoms with Gasteiger partial charge in [-0.3, -0.25) is 4.79 Å². The van der Waals surface area contributed by atoms with Gasteiger partial charge in [-0.15, -0.1) is 12.4 Å². The molecule has 0 saturated carbocycles. The van der Waals surface area contributed by atoms with E-state index in [1.54, 1.807) is 6.20 Å². The van der Waals surface area contributed by atoms with E-state index in [0.29, 0.717) is 23.7 Å². The lowest BCUT2D eigenvalue weighted by Gasteiger charge is -2.22. The van der Waals surface area contributed by atoms with E-state index in [4.69, 9.17) is 4.52 Å². The quantitative estimate of drug-likeness (QED) is 0.898. The largest absolute Gasteiger partial charge is 0.352 e. The molecule has 2 N–H and O–H groups in total. The number of halogens is 1. The first-order valence-corrected chi connectivity index (χ1v) is 7.51. The normalized spacial score (nSPS) is 18.0. The number of fused-ring (bicyclic) bond motifs is 1. The Morgan fingerprint density at radius 2 is 2.41 bits per heavy atom. The van der Waals surface area contributed by atoms with Crippen LogP contribution in [0.5, 0.6) is 0 Å². The van der Waals surface area contributed by atoms with Crippen LogP contribution < -0.4 is 10.6 Å². The van der Waals surface area contributed by atoms with Crippen LogP contribution in [0.15, 0.2) is 16.8 Å². The lowest BCUT2D eigenvalue weighted by Crippen LogP contribution is -2.38. The Labute approximate surface area is 135 Å². The van der Waals surface area contributed by atoms with Gasteiger partial charge in [0.05, 0.1) is 16.6 Å². The topological polar surface area (TPSA) is 80.0 Å². The summed E-state index contributed by atoms with van der Waals surface area (Å²) in [5, 5.41) is 11.1. The lowest BCUT2D eigenvalue weighted by atomic mass is 10.00. The van der Waals surface area contributed by atoms with Gasteiger partial charge in [-0.25, -0.2) is 4.98 Å². The minimum atomic E-state index is -0.0850. The summed E-state index contributed by atoms with van der Waals surface area (Å²) in [6.45, 7) is 4.76. The minimum absolute atomic E-state index is 0. The second-order valence-electron chi connectivity index (χ2n) is 5.48. The monoisotopic (exact) mass is 324 g/mol. The number of carbonyl (C=O) groups excluding carboxylic acids is 1. The van der Waals surface area contributed by atoms with E-state index in [9.17, 15) is 4.79 Å². The maximum Gasteiger partial charge on any atom is 0.257 e. The highest BCUT2D eigenvalue weighted by molar-refractivity contribution is 5.96. The van der Waals surface area contributed by atoms with Crippen LogP contribution in [0.2, 0.25) is 0 Å². The van der Waals surface area contributed by atoms with Crippen LogP contribution in [-0.2, 0) is 6.42 Å². The van der Waals surface area contributed by atoms with Crippen molar-refractivity contribution in [2.24, 2.45) is 5.92 Å². The number of hydrogen-bond acceptors (Lipinski definition) is 5. The molecule has 1 saturated heterocycles. The van der Waals surface area contributed by atoms with E-state index < -0.39 is 0 Å². The zero-order valence-corrected chi connectivity index (χ0v) is 13.4. The Kier molecular flexibility index (Phi) is 5.74. The average Bonchev–Trinajstić information content (AvgIpc) is 2.95. The zero-order chi connectivity index (χ0) is 14.7. The highest BCUT2D eigenvalue weighted by atomic mass is 35.5. The Morgan fingerprint density at radius 1 is 1.55 bits per heavy atom. The number of hydrogen-bond donors (Lipinski definition) is 2. The summed E-state index contributed by atoms with van der Waals surface area (Å²) in [5.41, 5.74) is 1.88. The molecular weight excluding hydrogens is 304 g/mol. The first-order chi connectivity index (χ1) is 10.3. The molecule has 6 nitrogen and oxygen atoms in total. The first-order valence-electron chi connectivity index (χ1n) is 7.51. The molecule has 22 heavy (non-hydrogen) atoms. The highest BCUT2D eigenvalue weighted by Gasteiger charge is 2.16. The van der Waals surface area contributed by atoms with Crippen molar-refractivity contribution in [1.82, 2.24) is 20.8 Å². The average molecular weight is 325 g/mol. The first kappa shape index (κ1) is 16.7. The van der Waals surface area contributed by atoms with E-state index in [1.165, 1.54) is 6.42 Å². The van der Waals surface area contributed by atoms with Crippen LogP contribution >= 0.6 is 12.4 Å². The fraction of sp³-hybridized carbons (Fsp3) is 0.533. The lowest BCUT2D eigenvalue weighted by molar-refractivity contribution is 0.0944. The molecule has 1 fully saturated rings. The Balaban J connectivity index is 0.00000176. The van der Waals surface area contributed by atoms with E-state index >= 15 is 0 Å². The Morgan fingerprint density at radius 3 is 3.14 bits per heavy atom. The van der Waals surface area contributed by atoms with Crippen molar-refractivity contribution in [3.8, 4) is 0 Å². The number of pyridine rings is 1. The summed E-state index contributed by atoms with van der Waals surface area (Å²) in [4.78, 5) is 16.4. The van der Waals surface area contributed by atoms with E-state index in [0.717, 1.165) is 37.0 Å². The summed E-state index contributed by atoms with van der Waals surface area (Å²) in [7, 11) is 0. The van der Waals surface area contributed by atoms with Gasteiger partial charge in [0.2, 0.25) is 0 Å². The second kappa shape index (κ2) is 7.56. The number of amides is 1. The molecule has 2 aromatic rings. The Bertz CT molecular complexity index is 638.